The molecule has 8 heteroatoms. The zero-order valence-corrected chi connectivity index (χ0v) is 13.8. The van der Waals surface area contributed by atoms with Gasteiger partial charge in [0, 0.05) is 5.69 Å². The van der Waals surface area contributed by atoms with E-state index in [0.29, 0.717) is 21.3 Å². The van der Waals surface area contributed by atoms with E-state index in [2.05, 4.69) is 15.8 Å². The Hall–Kier alpha value is -2.57. The number of amides is 2. The molecule has 0 aliphatic carbocycles. The molecule has 0 saturated carbocycles. The highest BCUT2D eigenvalue weighted by atomic mass is 35.5. The SMILES string of the molecule is O=C(CC(=O)Nc1ccc(Cl)c(Cl)c1)NN=Cc1cccc(O)c1. The van der Waals surface area contributed by atoms with Crippen molar-refractivity contribution in [3.8, 4) is 5.75 Å². The van der Waals surface area contributed by atoms with E-state index in [1.165, 1.54) is 24.4 Å². The van der Waals surface area contributed by atoms with Gasteiger partial charge < -0.3 is 10.4 Å². The summed E-state index contributed by atoms with van der Waals surface area (Å²) in [7, 11) is 0. The third-order valence-electron chi connectivity index (χ3n) is 2.80. The highest BCUT2D eigenvalue weighted by Gasteiger charge is 2.09. The Labute approximate surface area is 148 Å². The van der Waals surface area contributed by atoms with Crippen LogP contribution >= 0.6 is 23.2 Å². The van der Waals surface area contributed by atoms with E-state index in [0.717, 1.165) is 0 Å². The highest BCUT2D eigenvalue weighted by molar-refractivity contribution is 6.42. The summed E-state index contributed by atoms with van der Waals surface area (Å²) in [5, 5.41) is 16.2. The van der Waals surface area contributed by atoms with Crippen LogP contribution in [0, 0.1) is 0 Å². The van der Waals surface area contributed by atoms with E-state index >= 15 is 0 Å². The Bertz CT molecular complexity index is 794. The van der Waals surface area contributed by atoms with Crippen molar-refractivity contribution in [2.45, 2.75) is 6.42 Å². The summed E-state index contributed by atoms with van der Waals surface area (Å²) >= 11 is 11.6. The Balaban J connectivity index is 1.83. The standard InChI is InChI=1S/C16H13Cl2N3O3/c17-13-5-4-11(7-14(13)18)20-15(23)8-16(24)21-19-9-10-2-1-3-12(22)6-10/h1-7,9,22H,8H2,(H,20,23)(H,21,24). The Morgan fingerprint density at radius 2 is 1.88 bits per heavy atom. The lowest BCUT2D eigenvalue weighted by molar-refractivity contribution is -0.126. The zero-order chi connectivity index (χ0) is 17.5. The van der Waals surface area contributed by atoms with Gasteiger partial charge in [-0.15, -0.1) is 0 Å². The first kappa shape index (κ1) is 17.8. The number of aromatic hydroxyl groups is 1. The lowest BCUT2D eigenvalue weighted by atomic mass is 10.2. The number of phenols is 1. The summed E-state index contributed by atoms with van der Waals surface area (Å²) < 4.78 is 0. The summed E-state index contributed by atoms with van der Waals surface area (Å²) in [6.45, 7) is 0. The molecule has 24 heavy (non-hydrogen) atoms. The number of hydrogen-bond acceptors (Lipinski definition) is 4. The van der Waals surface area contributed by atoms with E-state index in [1.807, 2.05) is 0 Å². The lowest BCUT2D eigenvalue weighted by Crippen LogP contribution is -2.24. The number of phenolic OH excluding ortho intramolecular Hbond substituents is 1. The smallest absolute Gasteiger partial charge is 0.249 e. The molecule has 2 rings (SSSR count). The lowest BCUT2D eigenvalue weighted by Gasteiger charge is -2.05. The average Bonchev–Trinajstić information content (AvgIpc) is 2.51. The number of nitrogens with zero attached hydrogens (tertiary/aromatic N) is 1. The predicted molar refractivity (Wildman–Crippen MR) is 93.6 cm³/mol. The summed E-state index contributed by atoms with van der Waals surface area (Å²) in [4.78, 5) is 23.4. The molecule has 0 unspecified atom stereocenters. The number of hydrogen-bond donors (Lipinski definition) is 3. The monoisotopic (exact) mass is 365 g/mol. The number of halogens is 2. The van der Waals surface area contributed by atoms with Crippen molar-refractivity contribution in [1.29, 1.82) is 0 Å². The van der Waals surface area contributed by atoms with Crippen LogP contribution in [0.25, 0.3) is 0 Å². The Morgan fingerprint density at radius 3 is 2.58 bits per heavy atom. The van der Waals surface area contributed by atoms with Gasteiger partial charge in [-0.3, -0.25) is 9.59 Å². The molecule has 0 saturated heterocycles. The molecule has 0 radical (unpaired) electrons. The molecule has 3 N–H and O–H groups in total. The molecular formula is C16H13Cl2N3O3. The van der Waals surface area contributed by atoms with Crippen LogP contribution < -0.4 is 10.7 Å². The van der Waals surface area contributed by atoms with Crippen molar-refractivity contribution >= 4 is 46.9 Å². The third kappa shape index (κ3) is 5.57. The normalized spacial score (nSPS) is 10.6. The molecule has 0 aliphatic heterocycles. The van der Waals surface area contributed by atoms with Crippen molar-refractivity contribution in [3.05, 3.63) is 58.1 Å². The number of hydrazone groups is 1. The largest absolute Gasteiger partial charge is 0.508 e. The molecule has 2 aromatic rings. The second kappa shape index (κ2) is 8.33. The Kier molecular flexibility index (Phi) is 6.17. The summed E-state index contributed by atoms with van der Waals surface area (Å²) in [6, 6.07) is 10.9. The van der Waals surface area contributed by atoms with Gasteiger partial charge in [-0.1, -0.05) is 35.3 Å². The van der Waals surface area contributed by atoms with Crippen LogP contribution in [0.2, 0.25) is 10.0 Å². The van der Waals surface area contributed by atoms with Crippen LogP contribution in [0.1, 0.15) is 12.0 Å². The molecule has 0 atom stereocenters. The second-order valence-corrected chi connectivity index (χ2v) is 5.56. The van der Waals surface area contributed by atoms with E-state index in [9.17, 15) is 14.7 Å². The van der Waals surface area contributed by atoms with Crippen molar-refractivity contribution in [2.75, 3.05) is 5.32 Å². The van der Waals surface area contributed by atoms with Crippen molar-refractivity contribution in [1.82, 2.24) is 5.43 Å². The van der Waals surface area contributed by atoms with Crippen LogP contribution in [-0.4, -0.2) is 23.1 Å². The molecular weight excluding hydrogens is 353 g/mol. The van der Waals surface area contributed by atoms with Crippen molar-refractivity contribution < 1.29 is 14.7 Å². The van der Waals surface area contributed by atoms with Gasteiger partial charge in [0.25, 0.3) is 0 Å². The first-order valence-electron chi connectivity index (χ1n) is 6.80. The molecule has 0 fully saturated rings. The molecule has 124 valence electrons. The van der Waals surface area contributed by atoms with Gasteiger partial charge in [0.15, 0.2) is 0 Å². The van der Waals surface area contributed by atoms with Crippen LogP contribution in [0.5, 0.6) is 5.75 Å². The molecule has 2 amide bonds. The Morgan fingerprint density at radius 1 is 1.08 bits per heavy atom. The molecule has 0 aliphatic rings. The van der Waals surface area contributed by atoms with Gasteiger partial charge in [0.2, 0.25) is 11.8 Å². The highest BCUT2D eigenvalue weighted by Crippen LogP contribution is 2.24. The maximum atomic E-state index is 11.8. The average molecular weight is 366 g/mol. The third-order valence-corrected chi connectivity index (χ3v) is 3.54. The second-order valence-electron chi connectivity index (χ2n) is 4.74. The number of nitrogens with one attached hydrogen (secondary N) is 2. The fraction of sp³-hybridized carbons (Fsp3) is 0.0625. The fourth-order valence-electron chi connectivity index (χ4n) is 1.75. The van der Waals surface area contributed by atoms with Gasteiger partial charge in [0.1, 0.15) is 12.2 Å². The van der Waals surface area contributed by atoms with Crippen LogP contribution in [-0.2, 0) is 9.59 Å². The summed E-state index contributed by atoms with van der Waals surface area (Å²) in [5.41, 5.74) is 3.27. The van der Waals surface area contributed by atoms with E-state index in [-0.39, 0.29) is 5.75 Å². The number of benzene rings is 2. The molecule has 0 aromatic heterocycles. The summed E-state index contributed by atoms with van der Waals surface area (Å²) in [5.74, 6) is -1.01. The minimum atomic E-state index is -0.580. The first-order chi connectivity index (χ1) is 11.4. The van der Waals surface area contributed by atoms with E-state index in [1.54, 1.807) is 24.3 Å². The van der Waals surface area contributed by atoms with Crippen LogP contribution in [0.4, 0.5) is 5.69 Å². The van der Waals surface area contributed by atoms with Crippen LogP contribution in [0.15, 0.2) is 47.6 Å². The van der Waals surface area contributed by atoms with Crippen molar-refractivity contribution in [2.24, 2.45) is 5.10 Å². The van der Waals surface area contributed by atoms with Gasteiger partial charge >= 0.3 is 0 Å². The van der Waals surface area contributed by atoms with E-state index < -0.39 is 18.2 Å². The number of rotatable bonds is 5. The topological polar surface area (TPSA) is 90.8 Å². The molecule has 0 spiro atoms. The van der Waals surface area contributed by atoms with Gasteiger partial charge in [-0.25, -0.2) is 5.43 Å². The number of carbonyl (C=O) groups is 2. The van der Waals surface area contributed by atoms with Gasteiger partial charge in [0.05, 0.1) is 16.3 Å². The van der Waals surface area contributed by atoms with E-state index in [4.69, 9.17) is 23.2 Å². The minimum Gasteiger partial charge on any atom is -0.508 e. The number of carbonyl (C=O) groups excluding carboxylic acids is 2. The fourth-order valence-corrected chi connectivity index (χ4v) is 2.05. The van der Waals surface area contributed by atoms with Gasteiger partial charge in [-0.2, -0.15) is 5.10 Å². The maximum Gasteiger partial charge on any atom is 0.249 e. The number of anilines is 1. The molecule has 2 aromatic carbocycles. The minimum absolute atomic E-state index is 0.0891. The molecule has 6 nitrogen and oxygen atoms in total. The zero-order valence-electron chi connectivity index (χ0n) is 12.3. The quantitative estimate of drug-likeness (QED) is 0.431. The summed E-state index contributed by atoms with van der Waals surface area (Å²) in [6.07, 6.45) is 0.951. The molecule has 0 bridgehead atoms. The first-order valence-corrected chi connectivity index (χ1v) is 7.55. The van der Waals surface area contributed by atoms with Crippen LogP contribution in [0.3, 0.4) is 0 Å². The van der Waals surface area contributed by atoms with Gasteiger partial charge in [-0.05, 0) is 35.9 Å². The molecule has 0 heterocycles. The maximum absolute atomic E-state index is 11.8. The van der Waals surface area contributed by atoms with Crippen molar-refractivity contribution in [3.63, 3.8) is 0 Å². The predicted octanol–water partition coefficient (Wildman–Crippen LogP) is 3.18.